The van der Waals surface area contributed by atoms with Crippen LogP contribution in [-0.2, 0) is 27.1 Å². The minimum Gasteiger partial charge on any atom is -0.472 e. The van der Waals surface area contributed by atoms with E-state index in [0.29, 0.717) is 23.1 Å². The first-order valence-corrected chi connectivity index (χ1v) is 19.4. The van der Waals surface area contributed by atoms with Crippen LogP contribution in [0.3, 0.4) is 0 Å². The smallest absolute Gasteiger partial charge is 0.297 e. The van der Waals surface area contributed by atoms with E-state index in [4.69, 9.17) is 4.42 Å². The molecular formula is C49H59BN2O. The highest BCUT2D eigenvalue weighted by Gasteiger charge is 2.52. The zero-order chi connectivity index (χ0) is 42.6. The third kappa shape index (κ3) is 5.61. The largest absolute Gasteiger partial charge is 0.472 e. The highest BCUT2D eigenvalue weighted by atomic mass is 16.3. The fourth-order valence-corrected chi connectivity index (χ4v) is 8.61. The summed E-state index contributed by atoms with van der Waals surface area (Å²) in [6, 6.07) is 17.4. The number of rotatable bonds is 2. The molecule has 8 rings (SSSR count). The first-order valence-electron chi connectivity index (χ1n) is 21.9. The second-order valence-corrected chi connectivity index (χ2v) is 20.3. The number of fused-ring (bicyclic) bond motifs is 6. The maximum atomic E-state index is 9.85. The van der Waals surface area contributed by atoms with Crippen LogP contribution in [0.15, 0.2) is 83.2 Å². The predicted octanol–water partition coefficient (Wildman–Crippen LogP) is 11.9. The second-order valence-electron chi connectivity index (χ2n) is 20.3. The van der Waals surface area contributed by atoms with Gasteiger partial charge < -0.3 is 14.2 Å². The normalized spacial score (nSPS) is 18.6. The van der Waals surface area contributed by atoms with Crippen LogP contribution in [0.4, 0.5) is 34.1 Å². The van der Waals surface area contributed by atoms with Crippen LogP contribution in [0.2, 0.25) is 0 Å². The van der Waals surface area contributed by atoms with Crippen LogP contribution in [0.25, 0.3) is 0 Å². The maximum Gasteiger partial charge on any atom is 0.297 e. The van der Waals surface area contributed by atoms with Gasteiger partial charge in [-0.1, -0.05) is 126 Å². The lowest BCUT2D eigenvalue weighted by Crippen LogP contribution is -2.61. The second kappa shape index (κ2) is 11.4. The molecule has 274 valence electrons. The first-order chi connectivity index (χ1) is 26.6. The lowest BCUT2D eigenvalue weighted by Gasteiger charge is -2.44. The molecule has 0 saturated carbocycles. The molecule has 0 unspecified atom stereocenters. The van der Waals surface area contributed by atoms with Crippen LogP contribution in [0.5, 0.6) is 0 Å². The van der Waals surface area contributed by atoms with Gasteiger partial charge in [-0.2, -0.15) is 0 Å². The SMILES string of the molecule is [2H]c1cc(C(C)(C)C)cc([2H])c1N1c2cc(C)cc3c2B(c2cc(C(C)(C)C)cc([2H])c21)c1oc2c(c1N3c1c([2H])cc(C(C)(C)C)cc1[2H])C(C)(C)CCC2(C)C. The zero-order valence-electron chi connectivity index (χ0n) is 39.4. The van der Waals surface area contributed by atoms with Crippen LogP contribution < -0.4 is 26.4 Å². The molecule has 3 aliphatic rings. The van der Waals surface area contributed by atoms with Crippen molar-refractivity contribution < 1.29 is 11.3 Å². The van der Waals surface area contributed by atoms with Gasteiger partial charge in [-0.25, -0.2) is 0 Å². The number of nitrogens with zero attached hydrogens (tertiary/aromatic N) is 2. The zero-order valence-corrected chi connectivity index (χ0v) is 34.4. The van der Waals surface area contributed by atoms with E-state index in [1.54, 1.807) is 0 Å². The lowest BCUT2D eigenvalue weighted by molar-refractivity contribution is 0.282. The molecule has 0 saturated heterocycles. The van der Waals surface area contributed by atoms with Crippen LogP contribution in [-0.4, -0.2) is 6.71 Å². The van der Waals surface area contributed by atoms with E-state index in [2.05, 4.69) is 120 Å². The Morgan fingerprint density at radius 1 is 0.623 bits per heavy atom. The molecule has 53 heavy (non-hydrogen) atoms. The maximum absolute atomic E-state index is 9.85. The average molecular weight is 708 g/mol. The van der Waals surface area contributed by atoms with Crippen LogP contribution in [0.1, 0.15) is 143 Å². The number of aryl methyl sites for hydroxylation is 1. The Kier molecular flexibility index (Phi) is 6.50. The van der Waals surface area contributed by atoms with Gasteiger partial charge in [0.25, 0.3) is 6.71 Å². The molecule has 0 spiro atoms. The van der Waals surface area contributed by atoms with Gasteiger partial charge in [0.2, 0.25) is 0 Å². The topological polar surface area (TPSA) is 19.6 Å². The lowest BCUT2D eigenvalue weighted by atomic mass is 9.35. The van der Waals surface area contributed by atoms with Gasteiger partial charge >= 0.3 is 0 Å². The number of benzene rings is 4. The van der Waals surface area contributed by atoms with Crippen molar-refractivity contribution >= 4 is 57.4 Å². The number of anilines is 6. The Balaban J connectivity index is 1.57. The van der Waals surface area contributed by atoms with Crippen molar-refractivity contribution in [2.75, 3.05) is 9.80 Å². The van der Waals surface area contributed by atoms with Crippen molar-refractivity contribution in [3.8, 4) is 0 Å². The Labute approximate surface area is 326 Å². The van der Waals surface area contributed by atoms with Crippen molar-refractivity contribution in [1.82, 2.24) is 0 Å². The summed E-state index contributed by atoms with van der Waals surface area (Å²) in [6.45, 7) is 29.9. The molecule has 2 aliphatic heterocycles. The molecule has 0 bridgehead atoms. The van der Waals surface area contributed by atoms with Crippen molar-refractivity contribution in [3.63, 3.8) is 0 Å². The summed E-state index contributed by atoms with van der Waals surface area (Å²) in [6.07, 6.45) is 1.90. The Morgan fingerprint density at radius 3 is 1.62 bits per heavy atom. The van der Waals surface area contributed by atoms with Crippen molar-refractivity contribution in [3.05, 3.63) is 112 Å². The molecule has 0 atom stereocenters. The molecule has 0 amide bonds. The molecule has 4 aromatic carbocycles. The molecule has 4 heteroatoms. The fraction of sp³-hybridized carbons (Fsp3) is 0.429. The molecule has 1 aliphatic carbocycles. The quantitative estimate of drug-likeness (QED) is 0.167. The summed E-state index contributed by atoms with van der Waals surface area (Å²) in [4.78, 5) is 4.15. The highest BCUT2D eigenvalue weighted by molar-refractivity contribution is 6.99. The van der Waals surface area contributed by atoms with Crippen molar-refractivity contribution in [2.45, 2.75) is 137 Å². The molecule has 1 aromatic heterocycles. The molecule has 0 N–H and O–H groups in total. The molecule has 0 fully saturated rings. The molecular weight excluding hydrogens is 643 g/mol. The van der Waals surface area contributed by atoms with Gasteiger partial charge in [0, 0.05) is 39.4 Å². The van der Waals surface area contributed by atoms with Gasteiger partial charge in [-0.05, 0) is 117 Å². The fourth-order valence-electron chi connectivity index (χ4n) is 8.61. The van der Waals surface area contributed by atoms with Gasteiger partial charge in [0.15, 0.2) is 0 Å². The summed E-state index contributed by atoms with van der Waals surface area (Å²) in [5.74, 6) is 0.941. The summed E-state index contributed by atoms with van der Waals surface area (Å²) in [5, 5.41) is 0. The number of hydrogen-bond donors (Lipinski definition) is 0. The highest BCUT2D eigenvalue weighted by Crippen LogP contribution is 2.54. The summed E-state index contributed by atoms with van der Waals surface area (Å²) < 4.78 is 55.8. The Morgan fingerprint density at radius 2 is 1.09 bits per heavy atom. The van der Waals surface area contributed by atoms with Crippen molar-refractivity contribution in [1.29, 1.82) is 0 Å². The van der Waals surface area contributed by atoms with E-state index >= 15 is 0 Å². The number of hydrogen-bond acceptors (Lipinski definition) is 3. The van der Waals surface area contributed by atoms with E-state index < -0.39 is 6.71 Å². The van der Waals surface area contributed by atoms with Crippen LogP contribution in [0, 0.1) is 6.92 Å². The Hall–Kier alpha value is -4.18. The minimum absolute atomic E-state index is 0.223. The molecule has 5 aromatic rings. The van der Waals surface area contributed by atoms with E-state index in [0.717, 1.165) is 80.1 Å². The van der Waals surface area contributed by atoms with Crippen molar-refractivity contribution in [2.24, 2.45) is 0 Å². The third-order valence-electron chi connectivity index (χ3n) is 12.1. The summed E-state index contributed by atoms with van der Waals surface area (Å²) >= 11 is 0. The van der Waals surface area contributed by atoms with Gasteiger partial charge in [-0.15, -0.1) is 0 Å². The average Bonchev–Trinajstić information content (AvgIpc) is 3.50. The van der Waals surface area contributed by atoms with E-state index in [1.165, 1.54) is 0 Å². The third-order valence-corrected chi connectivity index (χ3v) is 12.1. The van der Waals surface area contributed by atoms with E-state index in [-0.39, 0.29) is 51.2 Å². The van der Waals surface area contributed by atoms with E-state index in [9.17, 15) is 6.85 Å². The van der Waals surface area contributed by atoms with Crippen LogP contribution >= 0.6 is 0 Å². The van der Waals surface area contributed by atoms with E-state index in [1.807, 2.05) is 35.2 Å². The monoisotopic (exact) mass is 708 g/mol. The molecule has 3 nitrogen and oxygen atoms in total. The first kappa shape index (κ1) is 30.2. The summed E-state index contributed by atoms with van der Waals surface area (Å²) in [7, 11) is 0. The van der Waals surface area contributed by atoms with Gasteiger partial charge in [0.05, 0.1) is 18.2 Å². The molecule has 0 radical (unpaired) electrons. The molecule has 3 heterocycles. The summed E-state index contributed by atoms with van der Waals surface area (Å²) in [5.41, 5.74) is 10.3. The number of furan rings is 1. The van der Waals surface area contributed by atoms with Gasteiger partial charge in [-0.3, -0.25) is 0 Å². The Bertz CT molecular complexity index is 2520. The predicted molar refractivity (Wildman–Crippen MR) is 229 cm³/mol. The minimum atomic E-state index is -0.430. The standard InChI is InChI=1S/C49H59BN2O/c1-30-27-38-41-39(28-30)52(35-22-17-32(18-23-35)46(5,6)7)42-40-43(49(13,14)26-25-48(40,11)12)53-44(42)50(41)36-29-33(47(8,9)10)19-24-37(36)51(38)34-20-15-31(16-21-34)45(2,3)4/h15-24,27-29H,25-26H2,1-14H3/i20D,21D,22D,23D,24D. The van der Waals surface area contributed by atoms with Gasteiger partial charge in [0.1, 0.15) is 5.76 Å².